The van der Waals surface area contributed by atoms with Crippen LogP contribution in [-0.2, 0) is 18.0 Å². The Balaban J connectivity index is 2.08. The van der Waals surface area contributed by atoms with E-state index >= 15 is 0 Å². The van der Waals surface area contributed by atoms with Crippen LogP contribution in [0.15, 0.2) is 30.5 Å². The first-order chi connectivity index (χ1) is 9.49. The zero-order valence-electron chi connectivity index (χ0n) is 11.2. The number of hydrogen-bond donors (Lipinski definition) is 1. The Morgan fingerprint density at radius 2 is 2.05 bits per heavy atom. The first kappa shape index (κ1) is 14.9. The van der Waals surface area contributed by atoms with Gasteiger partial charge in [-0.3, -0.25) is 0 Å². The smallest absolute Gasteiger partial charge is 0.351 e. The molecule has 1 aromatic carbocycles. The minimum Gasteiger partial charge on any atom is -0.351 e. The van der Waals surface area contributed by atoms with Gasteiger partial charge in [-0.15, -0.1) is 0 Å². The second kappa shape index (κ2) is 6.28. The molecule has 0 radical (unpaired) electrons. The van der Waals surface area contributed by atoms with Crippen LogP contribution in [-0.4, -0.2) is 23.9 Å². The number of fused-ring (bicyclic) bond motifs is 1. The lowest BCUT2D eigenvalue weighted by atomic mass is 10.1. The number of benzene rings is 1. The van der Waals surface area contributed by atoms with Gasteiger partial charge in [0.1, 0.15) is 13.3 Å². The summed E-state index contributed by atoms with van der Waals surface area (Å²) in [5.74, 6) is 0. The third kappa shape index (κ3) is 3.98. The van der Waals surface area contributed by atoms with Gasteiger partial charge < -0.3 is 14.6 Å². The average Bonchev–Trinajstić information content (AvgIpc) is 2.78. The lowest BCUT2D eigenvalue weighted by Gasteiger charge is -2.10. The molecule has 1 N–H and O–H groups in total. The molecule has 0 saturated heterocycles. The van der Waals surface area contributed by atoms with Crippen LogP contribution in [0, 0.1) is 0 Å². The monoisotopic (exact) mass is 286 g/mol. The molecule has 0 aliphatic heterocycles. The topological polar surface area (TPSA) is 26.2 Å². The Morgan fingerprint density at radius 1 is 1.25 bits per heavy atom. The summed E-state index contributed by atoms with van der Waals surface area (Å²) in [6.07, 6.45) is -2.56. The van der Waals surface area contributed by atoms with Crippen molar-refractivity contribution in [1.29, 1.82) is 0 Å². The van der Waals surface area contributed by atoms with Gasteiger partial charge in [0.15, 0.2) is 0 Å². The van der Waals surface area contributed by atoms with Crippen LogP contribution in [0.2, 0.25) is 0 Å². The molecule has 0 spiro atoms. The first-order valence-electron chi connectivity index (χ1n) is 6.42. The molecule has 3 nitrogen and oxygen atoms in total. The van der Waals surface area contributed by atoms with Crippen LogP contribution in [0.3, 0.4) is 0 Å². The number of aromatic nitrogens is 1. The van der Waals surface area contributed by atoms with E-state index in [1.54, 1.807) is 10.8 Å². The molecule has 110 valence electrons. The van der Waals surface area contributed by atoms with Crippen molar-refractivity contribution in [2.24, 2.45) is 0 Å². The van der Waals surface area contributed by atoms with E-state index in [2.05, 4.69) is 5.32 Å². The van der Waals surface area contributed by atoms with Crippen molar-refractivity contribution in [2.45, 2.75) is 26.4 Å². The summed E-state index contributed by atoms with van der Waals surface area (Å²) >= 11 is 0. The van der Waals surface area contributed by atoms with Crippen LogP contribution >= 0.6 is 0 Å². The predicted molar refractivity (Wildman–Crippen MR) is 71.3 cm³/mol. The molecule has 0 aliphatic rings. The number of nitrogens with zero attached hydrogens (tertiary/aromatic N) is 1. The van der Waals surface area contributed by atoms with Crippen molar-refractivity contribution in [3.8, 4) is 0 Å². The maximum Gasteiger partial charge on any atom is 0.411 e. The van der Waals surface area contributed by atoms with Gasteiger partial charge >= 0.3 is 6.18 Å². The highest BCUT2D eigenvalue weighted by atomic mass is 19.4. The SMILES string of the molecule is CCNCc1ccc2ccn(COCC(F)(F)F)c2c1. The molecule has 2 aromatic rings. The first-order valence-corrected chi connectivity index (χ1v) is 6.42. The summed E-state index contributed by atoms with van der Waals surface area (Å²) in [6.45, 7) is 2.29. The van der Waals surface area contributed by atoms with Gasteiger partial charge in [0.05, 0.1) is 5.52 Å². The van der Waals surface area contributed by atoms with Gasteiger partial charge in [-0.1, -0.05) is 19.1 Å². The van der Waals surface area contributed by atoms with E-state index in [1.165, 1.54) is 0 Å². The zero-order valence-corrected chi connectivity index (χ0v) is 11.2. The van der Waals surface area contributed by atoms with Gasteiger partial charge in [-0.2, -0.15) is 13.2 Å². The molecule has 6 heteroatoms. The Hall–Kier alpha value is -1.53. The molecular formula is C14H17F3N2O. The molecule has 0 amide bonds. The summed E-state index contributed by atoms with van der Waals surface area (Å²) in [4.78, 5) is 0. The number of rotatable bonds is 6. The normalized spacial score (nSPS) is 12.2. The Morgan fingerprint density at radius 3 is 2.75 bits per heavy atom. The molecule has 0 fully saturated rings. The van der Waals surface area contributed by atoms with E-state index in [9.17, 15) is 13.2 Å². The fraction of sp³-hybridized carbons (Fsp3) is 0.429. The fourth-order valence-corrected chi connectivity index (χ4v) is 1.98. The van der Waals surface area contributed by atoms with Crippen LogP contribution in [0.4, 0.5) is 13.2 Å². The third-order valence-corrected chi connectivity index (χ3v) is 2.91. The molecule has 0 unspecified atom stereocenters. The van der Waals surface area contributed by atoms with E-state index in [1.807, 2.05) is 31.2 Å². The highest BCUT2D eigenvalue weighted by molar-refractivity contribution is 5.80. The van der Waals surface area contributed by atoms with E-state index in [-0.39, 0.29) is 6.73 Å². The summed E-state index contributed by atoms with van der Waals surface area (Å²) in [5, 5.41) is 4.20. The van der Waals surface area contributed by atoms with Crippen molar-refractivity contribution < 1.29 is 17.9 Å². The molecule has 20 heavy (non-hydrogen) atoms. The van der Waals surface area contributed by atoms with Gasteiger partial charge in [0.2, 0.25) is 0 Å². The molecule has 0 aliphatic carbocycles. The van der Waals surface area contributed by atoms with Gasteiger partial charge in [-0.05, 0) is 29.6 Å². The van der Waals surface area contributed by atoms with Gasteiger partial charge in [-0.25, -0.2) is 0 Å². The summed E-state index contributed by atoms with van der Waals surface area (Å²) < 4.78 is 42.5. The standard InChI is InChI=1S/C14H17F3N2O/c1-2-18-8-11-3-4-12-5-6-19(13(12)7-11)10-20-9-14(15,16)17/h3-7,18H,2,8-10H2,1H3. The highest BCUT2D eigenvalue weighted by Gasteiger charge is 2.27. The number of ether oxygens (including phenoxy) is 1. The summed E-state index contributed by atoms with van der Waals surface area (Å²) in [6, 6.07) is 7.80. The summed E-state index contributed by atoms with van der Waals surface area (Å²) in [7, 11) is 0. The molecule has 0 saturated carbocycles. The average molecular weight is 286 g/mol. The van der Waals surface area contributed by atoms with Crippen molar-refractivity contribution in [1.82, 2.24) is 9.88 Å². The quantitative estimate of drug-likeness (QED) is 0.882. The maximum atomic E-state index is 12.1. The van der Waals surface area contributed by atoms with Crippen molar-refractivity contribution in [2.75, 3.05) is 13.2 Å². The van der Waals surface area contributed by atoms with Gasteiger partial charge in [0, 0.05) is 12.7 Å². The predicted octanol–water partition coefficient (Wildman–Crippen LogP) is 3.29. The van der Waals surface area contributed by atoms with Crippen molar-refractivity contribution in [3.63, 3.8) is 0 Å². The maximum absolute atomic E-state index is 12.1. The van der Waals surface area contributed by atoms with E-state index < -0.39 is 12.8 Å². The van der Waals surface area contributed by atoms with Gasteiger partial charge in [0.25, 0.3) is 0 Å². The van der Waals surface area contributed by atoms with E-state index in [4.69, 9.17) is 4.74 Å². The number of hydrogen-bond acceptors (Lipinski definition) is 2. The lowest BCUT2D eigenvalue weighted by Crippen LogP contribution is -2.18. The van der Waals surface area contributed by atoms with Crippen LogP contribution in [0.25, 0.3) is 10.9 Å². The third-order valence-electron chi connectivity index (χ3n) is 2.91. The van der Waals surface area contributed by atoms with E-state index in [0.29, 0.717) is 0 Å². The Labute approximate surface area is 115 Å². The Kier molecular flexibility index (Phi) is 4.67. The second-order valence-corrected chi connectivity index (χ2v) is 4.55. The summed E-state index contributed by atoms with van der Waals surface area (Å²) in [5.41, 5.74) is 1.97. The highest BCUT2D eigenvalue weighted by Crippen LogP contribution is 2.19. The largest absolute Gasteiger partial charge is 0.411 e. The van der Waals surface area contributed by atoms with Crippen LogP contribution in [0.5, 0.6) is 0 Å². The number of halogens is 3. The van der Waals surface area contributed by atoms with E-state index in [0.717, 1.165) is 29.6 Å². The number of nitrogens with one attached hydrogen (secondary N) is 1. The molecule has 1 aromatic heterocycles. The zero-order chi connectivity index (χ0) is 14.6. The fourth-order valence-electron chi connectivity index (χ4n) is 1.98. The second-order valence-electron chi connectivity index (χ2n) is 4.55. The molecule has 1 heterocycles. The molecule has 2 rings (SSSR count). The molecule has 0 bridgehead atoms. The van der Waals surface area contributed by atoms with Crippen molar-refractivity contribution in [3.05, 3.63) is 36.0 Å². The molecule has 0 atom stereocenters. The van der Waals surface area contributed by atoms with Crippen LogP contribution < -0.4 is 5.32 Å². The minimum absolute atomic E-state index is 0.104. The minimum atomic E-state index is -4.29. The lowest BCUT2D eigenvalue weighted by molar-refractivity contribution is -0.181. The molecular weight excluding hydrogens is 269 g/mol. The van der Waals surface area contributed by atoms with Crippen molar-refractivity contribution >= 4 is 10.9 Å². The van der Waals surface area contributed by atoms with Crippen LogP contribution in [0.1, 0.15) is 12.5 Å². The number of alkyl halides is 3. The Bertz CT molecular complexity index is 563.